The Kier molecular flexibility index (Phi) is 8.60. The van der Waals surface area contributed by atoms with Gasteiger partial charge in [0.25, 0.3) is 0 Å². The summed E-state index contributed by atoms with van der Waals surface area (Å²) in [6, 6.07) is 4.31. The van der Waals surface area contributed by atoms with E-state index >= 15 is 0 Å². The molecule has 2 atom stereocenters. The van der Waals surface area contributed by atoms with Gasteiger partial charge in [0.2, 0.25) is 11.8 Å². The Bertz CT molecular complexity index is 1030. The maximum atomic E-state index is 12.3. The third-order valence-electron chi connectivity index (χ3n) is 4.49. The first-order valence-corrected chi connectivity index (χ1v) is 9.78. The zero-order valence-corrected chi connectivity index (χ0v) is 17.6. The molecule has 5 N–H and O–H groups in total. The number of amides is 2. The summed E-state index contributed by atoms with van der Waals surface area (Å²) >= 11 is 0. The minimum Gasteiger partial charge on any atom is -0.481 e. The number of nitrogens with one attached hydrogen (secondary N) is 2. The van der Waals surface area contributed by atoms with Crippen molar-refractivity contribution in [3.8, 4) is 11.3 Å². The van der Waals surface area contributed by atoms with E-state index in [-0.39, 0.29) is 13.0 Å². The number of nitrogens with zero attached hydrogens (tertiary/aromatic N) is 3. The maximum absolute atomic E-state index is 12.3. The third-order valence-corrected chi connectivity index (χ3v) is 4.49. The monoisotopic (exact) mass is 461 g/mol. The van der Waals surface area contributed by atoms with Crippen LogP contribution < -0.4 is 10.6 Å². The van der Waals surface area contributed by atoms with Crippen LogP contribution in [0.3, 0.4) is 0 Å². The number of hydrogen-bond donors (Lipinski definition) is 5. The summed E-state index contributed by atoms with van der Waals surface area (Å²) in [5, 5.41) is 39.1. The Hall–Kier alpha value is -4.29. The number of hydrogen-bond acceptors (Lipinski definition) is 7. The zero-order chi connectivity index (χ0) is 24.5. The first-order valence-electron chi connectivity index (χ1n) is 9.78. The average Bonchev–Trinajstić information content (AvgIpc) is 3.18. The first-order chi connectivity index (χ1) is 15.5. The largest absolute Gasteiger partial charge is 0.481 e. The van der Waals surface area contributed by atoms with Crippen LogP contribution in [0.25, 0.3) is 11.3 Å². The molecule has 1 aromatic carbocycles. The van der Waals surface area contributed by atoms with E-state index in [1.165, 1.54) is 10.9 Å². The highest BCUT2D eigenvalue weighted by Gasteiger charge is 2.27. The highest BCUT2D eigenvalue weighted by molar-refractivity contribution is 5.90. The molecule has 0 saturated carbocycles. The van der Waals surface area contributed by atoms with Gasteiger partial charge in [-0.25, -0.2) is 14.3 Å². The van der Waals surface area contributed by atoms with Gasteiger partial charge in [-0.1, -0.05) is 35.0 Å². The van der Waals surface area contributed by atoms with Crippen molar-refractivity contribution in [1.82, 2.24) is 25.6 Å². The molecule has 0 bridgehead atoms. The van der Waals surface area contributed by atoms with E-state index in [1.54, 1.807) is 0 Å². The molecule has 13 heteroatoms. The fourth-order valence-electron chi connectivity index (χ4n) is 2.78. The third kappa shape index (κ3) is 8.05. The average molecular weight is 461 g/mol. The summed E-state index contributed by atoms with van der Waals surface area (Å²) in [7, 11) is 0. The van der Waals surface area contributed by atoms with Crippen LogP contribution in [0.4, 0.5) is 0 Å². The van der Waals surface area contributed by atoms with Gasteiger partial charge in [-0.2, -0.15) is 0 Å². The van der Waals surface area contributed by atoms with Gasteiger partial charge in [-0.15, -0.1) is 5.10 Å². The summed E-state index contributed by atoms with van der Waals surface area (Å²) in [5.74, 6) is -5.94. The van der Waals surface area contributed by atoms with Crippen LogP contribution in [-0.2, 0) is 30.5 Å². The number of carboxylic acids is 3. The van der Waals surface area contributed by atoms with Crippen LogP contribution in [0.15, 0.2) is 30.5 Å². The number of aromatic nitrogens is 3. The molecule has 0 aliphatic carbocycles. The summed E-state index contributed by atoms with van der Waals surface area (Å²) in [5.41, 5.74) is 2.35. The Balaban J connectivity index is 1.94. The Morgan fingerprint density at radius 2 is 1.55 bits per heavy atom. The van der Waals surface area contributed by atoms with Crippen LogP contribution >= 0.6 is 0 Å². The fraction of sp³-hybridized carbons (Fsp3) is 0.350. The lowest BCUT2D eigenvalue weighted by atomic mass is 10.1. The molecule has 2 amide bonds. The van der Waals surface area contributed by atoms with Gasteiger partial charge < -0.3 is 26.0 Å². The van der Waals surface area contributed by atoms with Crippen molar-refractivity contribution in [3.63, 3.8) is 0 Å². The highest BCUT2D eigenvalue weighted by atomic mass is 16.4. The predicted octanol–water partition coefficient (Wildman–Crippen LogP) is -0.353. The highest BCUT2D eigenvalue weighted by Crippen LogP contribution is 2.16. The molecule has 13 nitrogen and oxygen atoms in total. The van der Waals surface area contributed by atoms with E-state index in [1.807, 2.05) is 31.2 Å². The number of rotatable bonds is 12. The number of aryl methyl sites for hydroxylation is 1. The maximum Gasteiger partial charge on any atom is 0.326 e. The Morgan fingerprint density at radius 1 is 0.939 bits per heavy atom. The van der Waals surface area contributed by atoms with Crippen molar-refractivity contribution in [3.05, 3.63) is 36.0 Å². The van der Waals surface area contributed by atoms with E-state index in [4.69, 9.17) is 10.2 Å². The Morgan fingerprint density at radius 3 is 2.12 bits per heavy atom. The summed E-state index contributed by atoms with van der Waals surface area (Å²) < 4.78 is 1.20. The second-order valence-corrected chi connectivity index (χ2v) is 7.22. The topological polar surface area (TPSA) is 201 Å². The molecular formula is C20H23N5O8. The van der Waals surface area contributed by atoms with Crippen LogP contribution in [0.2, 0.25) is 0 Å². The normalized spacial score (nSPS) is 12.4. The number of carbonyl (C=O) groups is 5. The van der Waals surface area contributed by atoms with Crippen LogP contribution in [-0.4, -0.2) is 72.1 Å². The lowest BCUT2D eigenvalue weighted by Gasteiger charge is -2.17. The van der Waals surface area contributed by atoms with Gasteiger partial charge >= 0.3 is 17.9 Å². The molecular weight excluding hydrogens is 438 g/mol. The van der Waals surface area contributed by atoms with Crippen LogP contribution in [0.1, 0.15) is 24.8 Å². The fourth-order valence-corrected chi connectivity index (χ4v) is 2.78. The number of carboxylic acid groups (broad SMARTS) is 3. The number of carbonyl (C=O) groups excluding carboxylic acids is 2. The minimum absolute atomic E-state index is 0.360. The first kappa shape index (κ1) is 25.0. The smallest absolute Gasteiger partial charge is 0.326 e. The molecule has 2 rings (SSSR count). The van der Waals surface area contributed by atoms with Crippen LogP contribution in [0, 0.1) is 6.92 Å². The quantitative estimate of drug-likeness (QED) is 0.278. The van der Waals surface area contributed by atoms with Gasteiger partial charge in [0.05, 0.1) is 12.6 Å². The number of aliphatic carboxylic acids is 3. The van der Waals surface area contributed by atoms with Gasteiger partial charge in [-0.3, -0.25) is 14.4 Å². The van der Waals surface area contributed by atoms with Crippen molar-refractivity contribution in [1.29, 1.82) is 0 Å². The molecule has 0 aliphatic heterocycles. The predicted molar refractivity (Wildman–Crippen MR) is 111 cm³/mol. The lowest BCUT2D eigenvalue weighted by molar-refractivity contribution is -0.145. The zero-order valence-electron chi connectivity index (χ0n) is 17.6. The number of benzene rings is 1. The summed E-state index contributed by atoms with van der Waals surface area (Å²) in [6.07, 6.45) is -0.120. The van der Waals surface area contributed by atoms with Crippen molar-refractivity contribution in [2.75, 3.05) is 0 Å². The molecule has 0 saturated heterocycles. The van der Waals surface area contributed by atoms with Crippen molar-refractivity contribution in [2.45, 2.75) is 44.8 Å². The van der Waals surface area contributed by atoms with Gasteiger partial charge in [-0.05, 0) is 13.3 Å². The van der Waals surface area contributed by atoms with Crippen molar-refractivity contribution >= 4 is 29.7 Å². The van der Waals surface area contributed by atoms with E-state index < -0.39 is 54.6 Å². The molecule has 1 aromatic heterocycles. The van der Waals surface area contributed by atoms with E-state index in [9.17, 15) is 29.1 Å². The molecule has 33 heavy (non-hydrogen) atoms. The standard InChI is InChI=1S/C20H23N5O8/c1-11-2-4-12(5-3-11)15-9-25(24-23-15)10-17(27)22-14(20(32)33)8-16(26)21-13(19(30)31)6-7-18(28)29/h2-5,9,13-14H,6-8,10H2,1H3,(H,21,26)(H,22,27)(H,28,29)(H,30,31)(H,32,33). The second-order valence-electron chi connectivity index (χ2n) is 7.22. The molecule has 2 aromatic rings. The van der Waals surface area contributed by atoms with Gasteiger partial charge in [0, 0.05) is 12.0 Å². The van der Waals surface area contributed by atoms with Crippen molar-refractivity contribution < 1.29 is 39.3 Å². The summed E-state index contributed by atoms with van der Waals surface area (Å²) in [6.45, 7) is 1.57. The SMILES string of the molecule is Cc1ccc(-c2cn(CC(=O)NC(CC(=O)NC(CCC(=O)O)C(=O)O)C(=O)O)nn2)cc1. The second kappa shape index (κ2) is 11.4. The molecule has 1 heterocycles. The molecule has 0 radical (unpaired) electrons. The minimum atomic E-state index is -1.63. The summed E-state index contributed by atoms with van der Waals surface area (Å²) in [4.78, 5) is 57.5. The van der Waals surface area contributed by atoms with E-state index in [0.29, 0.717) is 5.69 Å². The van der Waals surface area contributed by atoms with Crippen molar-refractivity contribution in [2.24, 2.45) is 0 Å². The molecule has 0 fully saturated rings. The molecule has 176 valence electrons. The molecule has 2 unspecified atom stereocenters. The lowest BCUT2D eigenvalue weighted by Crippen LogP contribution is -2.48. The van der Waals surface area contributed by atoms with Crippen LogP contribution in [0.5, 0.6) is 0 Å². The van der Waals surface area contributed by atoms with E-state index in [0.717, 1.165) is 11.1 Å². The molecule has 0 aliphatic rings. The Labute approximate surface area is 187 Å². The molecule has 0 spiro atoms. The van der Waals surface area contributed by atoms with E-state index in [2.05, 4.69) is 20.9 Å². The van der Waals surface area contributed by atoms with Gasteiger partial charge in [0.1, 0.15) is 24.3 Å². The van der Waals surface area contributed by atoms with Gasteiger partial charge in [0.15, 0.2) is 0 Å².